The van der Waals surface area contributed by atoms with E-state index in [0.717, 1.165) is 5.06 Å². The van der Waals surface area contributed by atoms with Gasteiger partial charge in [0, 0.05) is 29.8 Å². The molecule has 0 aromatic rings. The SMILES string of the molecule is CC1(C)CC(CN2C(=O)C=CC2=O)C(C)(C)N1[O-]. The van der Waals surface area contributed by atoms with Crippen LogP contribution in [0.2, 0.25) is 0 Å². The first-order valence-electron chi connectivity index (χ1n) is 6.17. The van der Waals surface area contributed by atoms with Crippen LogP contribution < -0.4 is 0 Å². The molecule has 18 heavy (non-hydrogen) atoms. The maximum Gasteiger partial charge on any atom is 0.253 e. The summed E-state index contributed by atoms with van der Waals surface area (Å²) in [5.41, 5.74) is -1.01. The molecule has 2 rings (SSSR count). The molecular formula is C13H19N2O3-. The van der Waals surface area contributed by atoms with Gasteiger partial charge in [0.15, 0.2) is 0 Å². The molecule has 0 aromatic carbocycles. The van der Waals surface area contributed by atoms with Crippen LogP contribution in [0.15, 0.2) is 12.2 Å². The van der Waals surface area contributed by atoms with E-state index in [-0.39, 0.29) is 17.7 Å². The maximum absolute atomic E-state index is 12.2. The lowest BCUT2D eigenvalue weighted by Gasteiger charge is -2.47. The molecule has 5 nitrogen and oxygen atoms in total. The van der Waals surface area contributed by atoms with E-state index in [2.05, 4.69) is 0 Å². The highest BCUT2D eigenvalue weighted by molar-refractivity contribution is 6.12. The lowest BCUT2D eigenvalue weighted by molar-refractivity contribution is -0.137. The third-order valence-electron chi connectivity index (χ3n) is 4.12. The standard InChI is InChI=1S/C13H19N2O3/c1-12(2)7-9(13(3,4)15(12)18)8-14-10(16)5-6-11(14)17/h5-6,9H,7-8H2,1-4H3/q-1. The van der Waals surface area contributed by atoms with E-state index in [0.29, 0.717) is 13.0 Å². The Kier molecular flexibility index (Phi) is 2.87. The summed E-state index contributed by atoms with van der Waals surface area (Å²) in [5.74, 6) is -0.561. The lowest BCUT2D eigenvalue weighted by Crippen LogP contribution is -2.48. The summed E-state index contributed by atoms with van der Waals surface area (Å²) in [4.78, 5) is 24.3. The predicted octanol–water partition coefficient (Wildman–Crippen LogP) is 1.29. The third kappa shape index (κ3) is 1.87. The van der Waals surface area contributed by atoms with Crippen molar-refractivity contribution in [2.45, 2.75) is 45.2 Å². The van der Waals surface area contributed by atoms with E-state index < -0.39 is 11.1 Å². The van der Waals surface area contributed by atoms with Crippen molar-refractivity contribution in [3.8, 4) is 0 Å². The molecule has 1 unspecified atom stereocenters. The van der Waals surface area contributed by atoms with Crippen molar-refractivity contribution >= 4 is 11.8 Å². The van der Waals surface area contributed by atoms with Crippen molar-refractivity contribution in [3.63, 3.8) is 0 Å². The second-order valence-corrected chi connectivity index (χ2v) is 6.28. The Morgan fingerprint density at radius 2 is 1.72 bits per heavy atom. The van der Waals surface area contributed by atoms with Gasteiger partial charge >= 0.3 is 0 Å². The summed E-state index contributed by atoms with van der Waals surface area (Å²) >= 11 is 0. The Hall–Kier alpha value is -1.20. The first-order chi connectivity index (χ1) is 8.16. The molecule has 0 N–H and O–H groups in total. The van der Waals surface area contributed by atoms with E-state index in [1.807, 2.05) is 27.7 Å². The predicted molar refractivity (Wildman–Crippen MR) is 67.3 cm³/mol. The van der Waals surface area contributed by atoms with Crippen LogP contribution in [0.3, 0.4) is 0 Å². The smallest absolute Gasteiger partial charge is 0.253 e. The summed E-state index contributed by atoms with van der Waals surface area (Å²) in [7, 11) is 0. The van der Waals surface area contributed by atoms with E-state index in [4.69, 9.17) is 0 Å². The van der Waals surface area contributed by atoms with Crippen LogP contribution in [0.25, 0.3) is 0 Å². The molecule has 5 heteroatoms. The summed E-state index contributed by atoms with van der Waals surface area (Å²) in [6, 6.07) is 0. The topological polar surface area (TPSA) is 63.7 Å². The highest BCUT2D eigenvalue weighted by atomic mass is 16.5. The van der Waals surface area contributed by atoms with Crippen LogP contribution in [0.1, 0.15) is 34.1 Å². The number of carbonyl (C=O) groups excluding carboxylic acids is 2. The normalized spacial score (nSPS) is 30.5. The highest BCUT2D eigenvalue weighted by Crippen LogP contribution is 2.44. The second-order valence-electron chi connectivity index (χ2n) is 6.28. The van der Waals surface area contributed by atoms with Crippen molar-refractivity contribution < 1.29 is 9.59 Å². The first-order valence-corrected chi connectivity index (χ1v) is 6.17. The Morgan fingerprint density at radius 3 is 2.11 bits per heavy atom. The van der Waals surface area contributed by atoms with Crippen LogP contribution in [0.5, 0.6) is 0 Å². The maximum atomic E-state index is 12.2. The molecule has 0 aromatic heterocycles. The number of hydrogen-bond donors (Lipinski definition) is 0. The molecule has 2 aliphatic rings. The van der Waals surface area contributed by atoms with E-state index in [1.165, 1.54) is 17.1 Å². The number of nitrogens with zero attached hydrogens (tertiary/aromatic N) is 2. The van der Waals surface area contributed by atoms with Gasteiger partial charge in [0.05, 0.1) is 0 Å². The number of carbonyl (C=O) groups is 2. The first kappa shape index (κ1) is 13.2. The average Bonchev–Trinajstić information content (AvgIpc) is 2.64. The molecule has 100 valence electrons. The van der Waals surface area contributed by atoms with Crippen LogP contribution >= 0.6 is 0 Å². The van der Waals surface area contributed by atoms with Crippen LogP contribution in [0, 0.1) is 11.1 Å². The number of hydroxylamine groups is 2. The quantitative estimate of drug-likeness (QED) is 0.694. The van der Waals surface area contributed by atoms with Gasteiger partial charge in [-0.3, -0.25) is 14.5 Å². The Morgan fingerprint density at radius 1 is 1.22 bits per heavy atom. The van der Waals surface area contributed by atoms with Gasteiger partial charge in [-0.25, -0.2) is 0 Å². The summed E-state index contributed by atoms with van der Waals surface area (Å²) in [5, 5.41) is 13.3. The lowest BCUT2D eigenvalue weighted by atomic mass is 9.86. The molecule has 2 heterocycles. The fourth-order valence-corrected chi connectivity index (χ4v) is 3.00. The van der Waals surface area contributed by atoms with Gasteiger partial charge in [0.2, 0.25) is 0 Å². The summed E-state index contributed by atoms with van der Waals surface area (Å²) in [6.45, 7) is 7.86. The fourth-order valence-electron chi connectivity index (χ4n) is 3.00. The van der Waals surface area contributed by atoms with Gasteiger partial charge in [-0.2, -0.15) is 0 Å². The fraction of sp³-hybridized carbons (Fsp3) is 0.692. The number of hydrogen-bond acceptors (Lipinski definition) is 4. The van der Waals surface area contributed by atoms with Gasteiger partial charge < -0.3 is 10.3 Å². The van der Waals surface area contributed by atoms with Crippen LogP contribution in [-0.2, 0) is 9.59 Å². The molecule has 0 spiro atoms. The zero-order chi connectivity index (χ0) is 13.7. The van der Waals surface area contributed by atoms with Gasteiger partial charge in [0.25, 0.3) is 11.8 Å². The number of imide groups is 1. The summed E-state index contributed by atoms with van der Waals surface area (Å²) < 4.78 is 0. The molecule has 0 aliphatic carbocycles. The van der Waals surface area contributed by atoms with E-state index in [9.17, 15) is 14.8 Å². The molecule has 0 bridgehead atoms. The van der Waals surface area contributed by atoms with Crippen molar-refractivity contribution in [1.29, 1.82) is 0 Å². The van der Waals surface area contributed by atoms with E-state index >= 15 is 0 Å². The average molecular weight is 251 g/mol. The van der Waals surface area contributed by atoms with Crippen LogP contribution in [-0.4, -0.2) is 39.4 Å². The number of amides is 2. The van der Waals surface area contributed by atoms with Crippen LogP contribution in [0.4, 0.5) is 0 Å². The Labute approximate surface area is 107 Å². The van der Waals surface area contributed by atoms with Gasteiger partial charge in [-0.15, -0.1) is 0 Å². The molecule has 2 aliphatic heterocycles. The Balaban J connectivity index is 2.16. The second kappa shape index (κ2) is 3.90. The molecular weight excluding hydrogens is 232 g/mol. The minimum Gasteiger partial charge on any atom is -0.784 e. The summed E-state index contributed by atoms with van der Waals surface area (Å²) in [6.07, 6.45) is 3.25. The molecule has 1 atom stereocenters. The van der Waals surface area contributed by atoms with Gasteiger partial charge in [-0.05, 0) is 40.0 Å². The van der Waals surface area contributed by atoms with Crippen molar-refractivity contribution in [2.24, 2.45) is 5.92 Å². The minimum atomic E-state index is -0.563. The van der Waals surface area contributed by atoms with Crippen molar-refractivity contribution in [1.82, 2.24) is 9.96 Å². The monoisotopic (exact) mass is 251 g/mol. The van der Waals surface area contributed by atoms with Gasteiger partial charge in [-0.1, -0.05) is 0 Å². The molecule has 0 radical (unpaired) electrons. The third-order valence-corrected chi connectivity index (χ3v) is 4.12. The molecule has 1 fully saturated rings. The van der Waals surface area contributed by atoms with E-state index in [1.54, 1.807) is 0 Å². The van der Waals surface area contributed by atoms with Crippen molar-refractivity contribution in [2.75, 3.05) is 6.54 Å². The Bertz CT molecular complexity index is 408. The highest BCUT2D eigenvalue weighted by Gasteiger charge is 2.47. The molecule has 1 saturated heterocycles. The zero-order valence-electron chi connectivity index (χ0n) is 11.3. The minimum absolute atomic E-state index is 0.00204. The molecule has 2 amide bonds. The van der Waals surface area contributed by atoms with Gasteiger partial charge in [0.1, 0.15) is 0 Å². The van der Waals surface area contributed by atoms with Crippen molar-refractivity contribution in [3.05, 3.63) is 17.4 Å². The number of rotatable bonds is 2. The largest absolute Gasteiger partial charge is 0.784 e. The zero-order valence-corrected chi connectivity index (χ0v) is 11.3. The molecule has 0 saturated carbocycles.